The molecule has 0 aliphatic heterocycles. The number of benzene rings is 1. The number of Topliss-reactive ketones (excluding diaryl/α,β-unsaturated/α-hetero) is 1. The zero-order chi connectivity index (χ0) is 17.9. The Morgan fingerprint density at radius 1 is 1.00 bits per heavy atom. The average Bonchev–Trinajstić information content (AvgIpc) is 2.57. The second-order valence-electron chi connectivity index (χ2n) is 5.21. The molecule has 130 valence electrons. The van der Waals surface area contributed by atoms with Gasteiger partial charge in [0, 0.05) is 6.42 Å². The van der Waals surface area contributed by atoms with Gasteiger partial charge in [0.25, 0.3) is 0 Å². The van der Waals surface area contributed by atoms with Crippen LogP contribution >= 0.6 is 0 Å². The monoisotopic (exact) mass is 334 g/mol. The van der Waals surface area contributed by atoms with Gasteiger partial charge in [0.15, 0.2) is 0 Å². The first-order valence-corrected chi connectivity index (χ1v) is 7.49. The van der Waals surface area contributed by atoms with Crippen molar-refractivity contribution in [2.24, 2.45) is 5.73 Å². The maximum atomic E-state index is 12.2. The van der Waals surface area contributed by atoms with Crippen molar-refractivity contribution < 1.29 is 19.2 Å². The van der Waals surface area contributed by atoms with Gasteiger partial charge in [-0.1, -0.05) is 30.3 Å². The van der Waals surface area contributed by atoms with Crippen molar-refractivity contribution in [3.8, 4) is 0 Å². The molecule has 5 N–H and O–H groups in total. The molecule has 0 fully saturated rings. The molecule has 1 aromatic rings. The first kappa shape index (κ1) is 19.3. The van der Waals surface area contributed by atoms with Crippen LogP contribution in [0.15, 0.2) is 30.3 Å². The predicted molar refractivity (Wildman–Crippen MR) is 87.8 cm³/mol. The molecule has 3 amide bonds. The van der Waals surface area contributed by atoms with E-state index in [4.69, 9.17) is 5.73 Å². The molecule has 1 rings (SSSR count). The van der Waals surface area contributed by atoms with Gasteiger partial charge < -0.3 is 21.7 Å². The van der Waals surface area contributed by atoms with E-state index in [1.165, 1.54) is 6.92 Å². The van der Waals surface area contributed by atoms with Crippen molar-refractivity contribution in [3.05, 3.63) is 35.9 Å². The summed E-state index contributed by atoms with van der Waals surface area (Å²) in [6.45, 7) is 0.748. The number of ketones is 1. The van der Waals surface area contributed by atoms with Gasteiger partial charge in [0.2, 0.25) is 17.7 Å². The smallest absolute Gasteiger partial charge is 0.243 e. The number of carbonyl (C=O) groups is 4. The largest absolute Gasteiger partial charge is 0.347 e. The molecule has 0 aliphatic carbocycles. The van der Waals surface area contributed by atoms with Crippen LogP contribution < -0.4 is 21.7 Å². The summed E-state index contributed by atoms with van der Waals surface area (Å²) < 4.78 is 0. The lowest BCUT2D eigenvalue weighted by Crippen LogP contribution is -2.51. The number of hydrogen-bond donors (Lipinski definition) is 4. The molecule has 8 nitrogen and oxygen atoms in total. The van der Waals surface area contributed by atoms with E-state index in [9.17, 15) is 19.2 Å². The normalized spacial score (nSPS) is 11.2. The van der Waals surface area contributed by atoms with Crippen LogP contribution in [0.5, 0.6) is 0 Å². The van der Waals surface area contributed by atoms with Gasteiger partial charge in [-0.3, -0.25) is 19.2 Å². The van der Waals surface area contributed by atoms with Gasteiger partial charge in [0.05, 0.1) is 19.6 Å². The average molecular weight is 334 g/mol. The second-order valence-corrected chi connectivity index (χ2v) is 5.21. The van der Waals surface area contributed by atoms with Gasteiger partial charge in [-0.15, -0.1) is 0 Å². The molecule has 24 heavy (non-hydrogen) atoms. The highest BCUT2D eigenvalue weighted by Gasteiger charge is 2.21. The minimum absolute atomic E-state index is 0.107. The summed E-state index contributed by atoms with van der Waals surface area (Å²) in [4.78, 5) is 46.2. The Kier molecular flexibility index (Phi) is 8.14. The zero-order valence-corrected chi connectivity index (χ0v) is 13.5. The highest BCUT2D eigenvalue weighted by atomic mass is 16.2. The third-order valence-corrected chi connectivity index (χ3v) is 3.08. The van der Waals surface area contributed by atoms with Crippen molar-refractivity contribution in [2.75, 3.05) is 19.6 Å². The molecular weight excluding hydrogens is 312 g/mol. The van der Waals surface area contributed by atoms with E-state index >= 15 is 0 Å². The van der Waals surface area contributed by atoms with Crippen LogP contribution in [0.2, 0.25) is 0 Å². The van der Waals surface area contributed by atoms with Gasteiger partial charge in [-0.2, -0.15) is 0 Å². The molecule has 1 aromatic carbocycles. The van der Waals surface area contributed by atoms with Crippen LogP contribution in [-0.4, -0.2) is 49.2 Å². The van der Waals surface area contributed by atoms with Gasteiger partial charge in [0.1, 0.15) is 11.8 Å². The quantitative estimate of drug-likeness (QED) is 0.436. The third kappa shape index (κ3) is 7.50. The zero-order valence-electron chi connectivity index (χ0n) is 13.5. The Bertz CT molecular complexity index is 589. The fourth-order valence-corrected chi connectivity index (χ4v) is 1.89. The molecule has 0 saturated heterocycles. The number of amides is 3. The van der Waals surface area contributed by atoms with E-state index in [2.05, 4.69) is 16.0 Å². The topological polar surface area (TPSA) is 130 Å². The van der Waals surface area contributed by atoms with Crippen LogP contribution in [0.4, 0.5) is 0 Å². The van der Waals surface area contributed by atoms with Gasteiger partial charge in [-0.25, -0.2) is 0 Å². The summed E-state index contributed by atoms with van der Waals surface area (Å²) in [5, 5.41) is 7.35. The summed E-state index contributed by atoms with van der Waals surface area (Å²) in [6.07, 6.45) is 0.265. The molecule has 0 spiro atoms. The van der Waals surface area contributed by atoms with E-state index in [0.29, 0.717) is 0 Å². The SMILES string of the molecule is CC(=O)CNC(=O)[C@H](Cc1ccccc1)NC(=O)CNC(=O)CN. The molecule has 8 heteroatoms. The standard InChI is InChI=1S/C16H22N4O4/c1-11(21)9-19-16(24)13(7-12-5-3-2-4-6-12)20-15(23)10-18-14(22)8-17/h2-6,13H,7-10,17H2,1H3,(H,18,22)(H,19,24)(H,20,23)/t13-/m0/s1. The van der Waals surface area contributed by atoms with E-state index in [-0.39, 0.29) is 31.8 Å². The summed E-state index contributed by atoms with van der Waals surface area (Å²) in [5.41, 5.74) is 5.99. The molecule has 0 radical (unpaired) electrons. The molecule has 0 aliphatic rings. The summed E-state index contributed by atoms with van der Waals surface area (Å²) in [6, 6.07) is 8.29. The Morgan fingerprint density at radius 2 is 1.67 bits per heavy atom. The fraction of sp³-hybridized carbons (Fsp3) is 0.375. The van der Waals surface area contributed by atoms with Crippen molar-refractivity contribution in [1.29, 1.82) is 0 Å². The van der Waals surface area contributed by atoms with Crippen molar-refractivity contribution in [1.82, 2.24) is 16.0 Å². The summed E-state index contributed by atoms with van der Waals surface area (Å²) in [5.74, 6) is -1.64. The molecule has 0 unspecified atom stereocenters. The minimum atomic E-state index is -0.853. The fourth-order valence-electron chi connectivity index (χ4n) is 1.89. The van der Waals surface area contributed by atoms with Gasteiger partial charge >= 0.3 is 0 Å². The Morgan fingerprint density at radius 3 is 2.25 bits per heavy atom. The number of hydrogen-bond acceptors (Lipinski definition) is 5. The van der Waals surface area contributed by atoms with Crippen molar-refractivity contribution >= 4 is 23.5 Å². The third-order valence-electron chi connectivity index (χ3n) is 3.08. The molecule has 0 bridgehead atoms. The molecular formula is C16H22N4O4. The number of nitrogens with two attached hydrogens (primary N) is 1. The Balaban J connectivity index is 2.69. The summed E-state index contributed by atoms with van der Waals surface area (Å²) in [7, 11) is 0. The van der Waals surface area contributed by atoms with Crippen LogP contribution in [0, 0.1) is 0 Å². The first-order valence-electron chi connectivity index (χ1n) is 7.49. The number of rotatable bonds is 9. The van der Waals surface area contributed by atoms with Crippen LogP contribution in [-0.2, 0) is 25.6 Å². The van der Waals surface area contributed by atoms with Crippen LogP contribution in [0.25, 0.3) is 0 Å². The van der Waals surface area contributed by atoms with Crippen LogP contribution in [0.3, 0.4) is 0 Å². The van der Waals surface area contributed by atoms with E-state index in [1.54, 1.807) is 0 Å². The lowest BCUT2D eigenvalue weighted by Gasteiger charge is -2.18. The van der Waals surface area contributed by atoms with Crippen molar-refractivity contribution in [3.63, 3.8) is 0 Å². The van der Waals surface area contributed by atoms with E-state index < -0.39 is 23.8 Å². The predicted octanol–water partition coefficient (Wildman–Crippen LogP) is -1.51. The molecule has 0 aromatic heterocycles. The highest BCUT2D eigenvalue weighted by Crippen LogP contribution is 2.03. The molecule has 0 heterocycles. The maximum absolute atomic E-state index is 12.2. The van der Waals surface area contributed by atoms with Crippen LogP contribution in [0.1, 0.15) is 12.5 Å². The van der Waals surface area contributed by atoms with Crippen molar-refractivity contribution in [2.45, 2.75) is 19.4 Å². The lowest BCUT2D eigenvalue weighted by molar-refractivity contribution is -0.130. The highest BCUT2D eigenvalue weighted by molar-refractivity contribution is 5.92. The summed E-state index contributed by atoms with van der Waals surface area (Å²) >= 11 is 0. The van der Waals surface area contributed by atoms with Gasteiger partial charge in [-0.05, 0) is 12.5 Å². The number of nitrogens with one attached hydrogen (secondary N) is 3. The van der Waals surface area contributed by atoms with E-state index in [0.717, 1.165) is 5.56 Å². The molecule has 1 atom stereocenters. The Hall–Kier alpha value is -2.74. The number of carbonyl (C=O) groups excluding carboxylic acids is 4. The second kappa shape index (κ2) is 10.1. The lowest BCUT2D eigenvalue weighted by atomic mass is 10.1. The Labute approximate surface area is 140 Å². The first-order chi connectivity index (χ1) is 11.4. The minimum Gasteiger partial charge on any atom is -0.347 e. The molecule has 0 saturated carbocycles. The van der Waals surface area contributed by atoms with E-state index in [1.807, 2.05) is 30.3 Å². The maximum Gasteiger partial charge on any atom is 0.243 e.